The lowest BCUT2D eigenvalue weighted by Crippen LogP contribution is -2.49. The smallest absolute Gasteiger partial charge is 0.0864 e. The predicted molar refractivity (Wildman–Crippen MR) is 88.4 cm³/mol. The molecular formula is C16H22BrN3. The van der Waals surface area contributed by atoms with E-state index < -0.39 is 0 Å². The van der Waals surface area contributed by atoms with Crippen LogP contribution < -0.4 is 5.32 Å². The zero-order valence-electron chi connectivity index (χ0n) is 12.2. The first-order valence-corrected chi connectivity index (χ1v) is 8.18. The van der Waals surface area contributed by atoms with Crippen molar-refractivity contribution in [3.8, 4) is 0 Å². The number of fused-ring (bicyclic) bond motifs is 1. The van der Waals surface area contributed by atoms with Crippen LogP contribution in [0.4, 0.5) is 0 Å². The molecule has 1 saturated heterocycles. The number of nitrogens with one attached hydrogen (secondary N) is 2. The van der Waals surface area contributed by atoms with Crippen LogP contribution in [0.2, 0.25) is 0 Å². The molecule has 0 aliphatic carbocycles. The van der Waals surface area contributed by atoms with Crippen LogP contribution >= 0.6 is 15.9 Å². The zero-order valence-corrected chi connectivity index (χ0v) is 13.8. The second kappa shape index (κ2) is 5.88. The quantitative estimate of drug-likeness (QED) is 0.903. The molecule has 1 aromatic heterocycles. The van der Waals surface area contributed by atoms with Gasteiger partial charge in [-0.2, -0.15) is 0 Å². The van der Waals surface area contributed by atoms with Crippen molar-refractivity contribution in [3.05, 3.63) is 33.9 Å². The average molecular weight is 336 g/mol. The number of aryl methyl sites for hydroxylation is 1. The second-order valence-corrected chi connectivity index (χ2v) is 6.52. The number of aromatic nitrogens is 1. The number of likely N-dealkylation sites (N-methyl/N-ethyl adjacent to an activating group) is 1. The van der Waals surface area contributed by atoms with Gasteiger partial charge in [0, 0.05) is 36.6 Å². The van der Waals surface area contributed by atoms with E-state index in [-0.39, 0.29) is 0 Å². The van der Waals surface area contributed by atoms with Crippen molar-refractivity contribution in [3.63, 3.8) is 0 Å². The maximum Gasteiger partial charge on any atom is 0.0864 e. The van der Waals surface area contributed by atoms with Gasteiger partial charge in [0.2, 0.25) is 0 Å². The Balaban J connectivity index is 1.93. The van der Waals surface area contributed by atoms with Gasteiger partial charge in [0.05, 0.1) is 4.60 Å². The summed E-state index contributed by atoms with van der Waals surface area (Å²) in [6.07, 6.45) is 2.13. The first kappa shape index (κ1) is 14.1. The number of H-pyrrole nitrogens is 1. The summed E-state index contributed by atoms with van der Waals surface area (Å²) in [5.41, 5.74) is 4.09. The van der Waals surface area contributed by atoms with E-state index in [1.807, 2.05) is 0 Å². The number of nitrogens with zero attached hydrogens (tertiary/aromatic N) is 1. The van der Waals surface area contributed by atoms with Gasteiger partial charge in [-0.15, -0.1) is 0 Å². The fraction of sp³-hybridized carbons (Fsp3) is 0.500. The third kappa shape index (κ3) is 2.65. The molecule has 1 unspecified atom stereocenters. The Hall–Kier alpha value is -0.840. The van der Waals surface area contributed by atoms with Gasteiger partial charge in [-0.05, 0) is 46.9 Å². The van der Waals surface area contributed by atoms with Crippen LogP contribution in [0.5, 0.6) is 0 Å². The van der Waals surface area contributed by atoms with Crippen molar-refractivity contribution in [1.29, 1.82) is 0 Å². The molecule has 1 atom stereocenters. The van der Waals surface area contributed by atoms with Gasteiger partial charge in [0.1, 0.15) is 0 Å². The van der Waals surface area contributed by atoms with Gasteiger partial charge in [-0.25, -0.2) is 0 Å². The van der Waals surface area contributed by atoms with E-state index in [9.17, 15) is 0 Å². The number of halogens is 1. The minimum atomic E-state index is 0.536. The highest BCUT2D eigenvalue weighted by Gasteiger charge is 2.20. The predicted octanol–water partition coefficient (Wildman–Crippen LogP) is 2.94. The summed E-state index contributed by atoms with van der Waals surface area (Å²) < 4.78 is 1.14. The number of aromatic amines is 1. The number of para-hydroxylation sites is 1. The first-order chi connectivity index (χ1) is 9.69. The maximum absolute atomic E-state index is 3.72. The monoisotopic (exact) mass is 335 g/mol. The highest BCUT2D eigenvalue weighted by molar-refractivity contribution is 9.10. The number of hydrogen-bond donors (Lipinski definition) is 2. The van der Waals surface area contributed by atoms with E-state index >= 15 is 0 Å². The molecule has 2 aromatic rings. The largest absolute Gasteiger partial charge is 0.349 e. The molecule has 2 heterocycles. The van der Waals surface area contributed by atoms with Crippen LogP contribution in [0.25, 0.3) is 10.9 Å². The number of piperazine rings is 1. The van der Waals surface area contributed by atoms with Crippen molar-refractivity contribution in [2.45, 2.75) is 25.8 Å². The lowest BCUT2D eigenvalue weighted by atomic mass is 10.0. The number of rotatable bonds is 3. The van der Waals surface area contributed by atoms with Crippen molar-refractivity contribution < 1.29 is 0 Å². The molecule has 3 nitrogen and oxygen atoms in total. The first-order valence-electron chi connectivity index (χ1n) is 7.39. The number of hydrogen-bond acceptors (Lipinski definition) is 2. The third-order valence-corrected chi connectivity index (χ3v) is 4.94. The van der Waals surface area contributed by atoms with Gasteiger partial charge < -0.3 is 15.2 Å². The molecule has 0 radical (unpaired) electrons. The van der Waals surface area contributed by atoms with E-state index in [0.717, 1.165) is 37.1 Å². The molecule has 2 N–H and O–H groups in total. The van der Waals surface area contributed by atoms with Crippen LogP contribution in [-0.2, 0) is 12.8 Å². The van der Waals surface area contributed by atoms with E-state index in [2.05, 4.69) is 63.3 Å². The molecule has 1 aliphatic heterocycles. The minimum Gasteiger partial charge on any atom is -0.349 e. The third-order valence-electron chi connectivity index (χ3n) is 4.27. The van der Waals surface area contributed by atoms with Crippen molar-refractivity contribution in [2.24, 2.45) is 0 Å². The average Bonchev–Trinajstić information content (AvgIpc) is 2.75. The molecule has 1 aromatic carbocycles. The molecule has 0 bridgehead atoms. The summed E-state index contributed by atoms with van der Waals surface area (Å²) in [6.45, 7) is 5.56. The summed E-state index contributed by atoms with van der Waals surface area (Å²) in [7, 11) is 2.20. The fourth-order valence-electron chi connectivity index (χ4n) is 3.17. The Labute approximate surface area is 128 Å². The van der Waals surface area contributed by atoms with Crippen LogP contribution in [0.3, 0.4) is 0 Å². The highest BCUT2D eigenvalue weighted by atomic mass is 79.9. The summed E-state index contributed by atoms with van der Waals surface area (Å²) in [5, 5.41) is 5.00. The lowest BCUT2D eigenvalue weighted by molar-refractivity contribution is 0.238. The Morgan fingerprint density at radius 1 is 1.40 bits per heavy atom. The Morgan fingerprint density at radius 2 is 2.25 bits per heavy atom. The van der Waals surface area contributed by atoms with Gasteiger partial charge in [0.25, 0.3) is 0 Å². The summed E-state index contributed by atoms with van der Waals surface area (Å²) in [4.78, 5) is 5.93. The molecule has 4 heteroatoms. The summed E-state index contributed by atoms with van der Waals surface area (Å²) >= 11 is 3.72. The fourth-order valence-corrected chi connectivity index (χ4v) is 3.75. The molecule has 0 spiro atoms. The lowest BCUT2D eigenvalue weighted by Gasteiger charge is -2.31. The van der Waals surface area contributed by atoms with Crippen molar-refractivity contribution in [1.82, 2.24) is 15.2 Å². The van der Waals surface area contributed by atoms with Gasteiger partial charge >= 0.3 is 0 Å². The van der Waals surface area contributed by atoms with Crippen molar-refractivity contribution >= 4 is 26.8 Å². The standard InChI is InChI=1S/C16H22BrN3/c1-3-11-5-4-6-13-14(16(17)19-15(11)13)9-12-10-20(2)8-7-18-12/h4-6,12,18-19H,3,7-10H2,1-2H3. The molecule has 0 saturated carbocycles. The normalized spacial score (nSPS) is 20.6. The molecular weight excluding hydrogens is 314 g/mol. The topological polar surface area (TPSA) is 31.1 Å². The molecule has 20 heavy (non-hydrogen) atoms. The Kier molecular flexibility index (Phi) is 4.15. The van der Waals surface area contributed by atoms with Gasteiger partial charge in [0.15, 0.2) is 0 Å². The zero-order chi connectivity index (χ0) is 14.1. The molecule has 1 aliphatic rings. The molecule has 0 amide bonds. The molecule has 3 rings (SSSR count). The molecule has 108 valence electrons. The van der Waals surface area contributed by atoms with E-state index in [1.54, 1.807) is 0 Å². The summed E-state index contributed by atoms with van der Waals surface area (Å²) in [5.74, 6) is 0. The Bertz CT molecular complexity index is 605. The van der Waals surface area contributed by atoms with Crippen LogP contribution in [-0.4, -0.2) is 42.6 Å². The summed E-state index contributed by atoms with van der Waals surface area (Å²) in [6, 6.07) is 7.15. The maximum atomic E-state index is 3.72. The van der Waals surface area contributed by atoms with Crippen molar-refractivity contribution in [2.75, 3.05) is 26.7 Å². The van der Waals surface area contributed by atoms with Crippen LogP contribution in [0, 0.1) is 0 Å². The van der Waals surface area contributed by atoms with Crippen LogP contribution in [0.15, 0.2) is 22.8 Å². The SMILES string of the molecule is CCc1cccc2c(CC3CN(C)CCN3)c(Br)[nH]c12. The molecule has 1 fully saturated rings. The number of benzene rings is 1. The van der Waals surface area contributed by atoms with E-state index in [4.69, 9.17) is 0 Å². The second-order valence-electron chi connectivity index (χ2n) is 5.73. The Morgan fingerprint density at radius 3 is 3.00 bits per heavy atom. The van der Waals surface area contributed by atoms with Crippen LogP contribution in [0.1, 0.15) is 18.1 Å². The minimum absolute atomic E-state index is 0.536. The highest BCUT2D eigenvalue weighted by Crippen LogP contribution is 2.30. The van der Waals surface area contributed by atoms with E-state index in [1.165, 1.54) is 22.0 Å². The van der Waals surface area contributed by atoms with E-state index in [0.29, 0.717) is 6.04 Å². The van der Waals surface area contributed by atoms with Gasteiger partial charge in [-0.1, -0.05) is 25.1 Å². The van der Waals surface area contributed by atoms with Gasteiger partial charge in [-0.3, -0.25) is 0 Å².